The van der Waals surface area contributed by atoms with Gasteiger partial charge in [0.05, 0.1) is 12.6 Å². The highest BCUT2D eigenvalue weighted by molar-refractivity contribution is 6.31. The number of aliphatic imine (C=N–C) groups is 1. The molecule has 84 valence electrons. The standard InChI is InChI=1S/C12H12ClNO2/c1-16-9-3-4-11(13)10(7-9)12(14-8-15)5-2-6-12/h3-4,7H,2,5-6H2,1H3. The van der Waals surface area contributed by atoms with Gasteiger partial charge in [-0.1, -0.05) is 11.6 Å². The van der Waals surface area contributed by atoms with Gasteiger partial charge in [0.1, 0.15) is 5.75 Å². The maximum atomic E-state index is 10.5. The van der Waals surface area contributed by atoms with E-state index in [1.807, 2.05) is 6.07 Å². The van der Waals surface area contributed by atoms with E-state index >= 15 is 0 Å². The molecule has 1 aliphatic carbocycles. The zero-order valence-electron chi connectivity index (χ0n) is 9.00. The summed E-state index contributed by atoms with van der Waals surface area (Å²) in [7, 11) is 1.60. The van der Waals surface area contributed by atoms with Gasteiger partial charge in [0.2, 0.25) is 6.08 Å². The molecule has 0 atom stereocenters. The Morgan fingerprint density at radius 3 is 2.75 bits per heavy atom. The SMILES string of the molecule is COc1ccc(Cl)c(C2(N=C=O)CCC2)c1. The summed E-state index contributed by atoms with van der Waals surface area (Å²) in [6.45, 7) is 0. The molecule has 0 N–H and O–H groups in total. The van der Waals surface area contributed by atoms with Crippen molar-refractivity contribution in [2.45, 2.75) is 24.8 Å². The zero-order valence-corrected chi connectivity index (χ0v) is 9.75. The summed E-state index contributed by atoms with van der Waals surface area (Å²) in [5.41, 5.74) is 0.399. The maximum Gasteiger partial charge on any atom is 0.235 e. The summed E-state index contributed by atoms with van der Waals surface area (Å²) >= 11 is 6.14. The number of nitrogens with zero attached hydrogens (tertiary/aromatic N) is 1. The minimum absolute atomic E-state index is 0.465. The van der Waals surface area contributed by atoms with E-state index in [4.69, 9.17) is 16.3 Å². The van der Waals surface area contributed by atoms with Gasteiger partial charge in [-0.15, -0.1) is 0 Å². The number of carbonyl (C=O) groups excluding carboxylic acids is 1. The van der Waals surface area contributed by atoms with Crippen LogP contribution >= 0.6 is 11.6 Å². The number of methoxy groups -OCH3 is 1. The Labute approximate surface area is 99.1 Å². The van der Waals surface area contributed by atoms with E-state index in [-0.39, 0.29) is 0 Å². The number of hydrogen-bond donors (Lipinski definition) is 0. The van der Waals surface area contributed by atoms with Gasteiger partial charge < -0.3 is 4.74 Å². The molecule has 1 aromatic rings. The van der Waals surface area contributed by atoms with E-state index in [0.29, 0.717) is 5.02 Å². The van der Waals surface area contributed by atoms with E-state index in [9.17, 15) is 4.79 Å². The second-order valence-corrected chi connectivity index (χ2v) is 4.34. The highest BCUT2D eigenvalue weighted by Gasteiger charge is 2.40. The van der Waals surface area contributed by atoms with Crippen LogP contribution in [0.2, 0.25) is 5.02 Å². The van der Waals surface area contributed by atoms with Crippen molar-refractivity contribution in [1.82, 2.24) is 0 Å². The highest BCUT2D eigenvalue weighted by atomic mass is 35.5. The quantitative estimate of drug-likeness (QED) is 0.599. The first kappa shape index (κ1) is 11.2. The Morgan fingerprint density at radius 1 is 1.50 bits per heavy atom. The Balaban J connectivity index is 2.48. The molecule has 0 amide bonds. The topological polar surface area (TPSA) is 38.7 Å². The summed E-state index contributed by atoms with van der Waals surface area (Å²) in [6.07, 6.45) is 4.39. The Morgan fingerprint density at radius 2 is 2.25 bits per heavy atom. The molecule has 0 aromatic heterocycles. The maximum absolute atomic E-state index is 10.5. The van der Waals surface area contributed by atoms with Gasteiger partial charge in [-0.2, -0.15) is 4.99 Å². The minimum atomic E-state index is -0.465. The number of halogens is 1. The predicted molar refractivity (Wildman–Crippen MR) is 61.7 cm³/mol. The molecule has 0 aliphatic heterocycles. The molecule has 0 radical (unpaired) electrons. The van der Waals surface area contributed by atoms with Crippen molar-refractivity contribution < 1.29 is 9.53 Å². The monoisotopic (exact) mass is 237 g/mol. The lowest BCUT2D eigenvalue weighted by Crippen LogP contribution is -2.32. The van der Waals surface area contributed by atoms with E-state index in [1.165, 1.54) is 0 Å². The first-order valence-electron chi connectivity index (χ1n) is 5.15. The predicted octanol–water partition coefficient (Wildman–Crippen LogP) is 3.06. The molecule has 1 aromatic carbocycles. The van der Waals surface area contributed by atoms with Crippen LogP contribution in [0.15, 0.2) is 23.2 Å². The molecule has 1 saturated carbocycles. The Bertz CT molecular complexity index is 448. The number of hydrogen-bond acceptors (Lipinski definition) is 3. The van der Waals surface area contributed by atoms with Gasteiger partial charge in [0, 0.05) is 10.6 Å². The summed E-state index contributed by atoms with van der Waals surface area (Å²) in [5.74, 6) is 0.728. The van der Waals surface area contributed by atoms with Crippen LogP contribution in [0.25, 0.3) is 0 Å². The summed E-state index contributed by atoms with van der Waals surface area (Å²) in [5, 5.41) is 0.625. The molecule has 3 nitrogen and oxygen atoms in total. The molecule has 1 fully saturated rings. The van der Waals surface area contributed by atoms with Crippen molar-refractivity contribution in [3.63, 3.8) is 0 Å². The van der Waals surface area contributed by atoms with E-state index < -0.39 is 5.54 Å². The molecule has 0 unspecified atom stereocenters. The van der Waals surface area contributed by atoms with Crippen LogP contribution in [0.1, 0.15) is 24.8 Å². The number of benzene rings is 1. The highest BCUT2D eigenvalue weighted by Crippen LogP contribution is 2.47. The van der Waals surface area contributed by atoms with Crippen LogP contribution in [0.3, 0.4) is 0 Å². The summed E-state index contributed by atoms with van der Waals surface area (Å²) in [4.78, 5) is 14.4. The van der Waals surface area contributed by atoms with Gasteiger partial charge in [0.25, 0.3) is 0 Å². The molecule has 0 heterocycles. The van der Waals surface area contributed by atoms with Crippen molar-refractivity contribution in [1.29, 1.82) is 0 Å². The molecule has 0 saturated heterocycles. The van der Waals surface area contributed by atoms with Gasteiger partial charge in [-0.05, 0) is 37.5 Å². The molecule has 4 heteroatoms. The lowest BCUT2D eigenvalue weighted by Gasteiger charge is -2.37. The van der Waals surface area contributed by atoms with Crippen molar-refractivity contribution in [3.8, 4) is 5.75 Å². The summed E-state index contributed by atoms with van der Waals surface area (Å²) < 4.78 is 5.15. The van der Waals surface area contributed by atoms with E-state index in [1.54, 1.807) is 25.3 Å². The van der Waals surface area contributed by atoms with Gasteiger partial charge in [-0.25, -0.2) is 4.79 Å². The normalized spacial score (nSPS) is 17.1. The minimum Gasteiger partial charge on any atom is -0.497 e. The van der Waals surface area contributed by atoms with E-state index in [2.05, 4.69) is 4.99 Å². The zero-order chi connectivity index (χ0) is 11.6. The first-order chi connectivity index (χ1) is 7.72. The molecule has 2 rings (SSSR count). The van der Waals surface area contributed by atoms with Gasteiger partial charge in [0.15, 0.2) is 0 Å². The van der Waals surface area contributed by atoms with Crippen LogP contribution in [-0.2, 0) is 10.3 Å². The van der Waals surface area contributed by atoms with Crippen molar-refractivity contribution in [2.24, 2.45) is 4.99 Å². The van der Waals surface area contributed by atoms with Crippen LogP contribution in [0, 0.1) is 0 Å². The lowest BCUT2D eigenvalue weighted by molar-refractivity contribution is 0.255. The third-order valence-corrected chi connectivity index (χ3v) is 3.44. The fraction of sp³-hybridized carbons (Fsp3) is 0.417. The molecule has 0 bridgehead atoms. The molecular weight excluding hydrogens is 226 g/mol. The lowest BCUT2D eigenvalue weighted by atomic mass is 9.72. The van der Waals surface area contributed by atoms with Crippen LogP contribution in [0.5, 0.6) is 5.75 Å². The third kappa shape index (κ3) is 1.73. The number of isocyanates is 1. The van der Waals surface area contributed by atoms with Gasteiger partial charge >= 0.3 is 0 Å². The summed E-state index contributed by atoms with van der Waals surface area (Å²) in [6, 6.07) is 5.42. The van der Waals surface area contributed by atoms with Crippen LogP contribution in [0.4, 0.5) is 0 Å². The van der Waals surface area contributed by atoms with Crippen LogP contribution < -0.4 is 4.74 Å². The fourth-order valence-electron chi connectivity index (χ4n) is 2.03. The average molecular weight is 238 g/mol. The molecule has 0 spiro atoms. The molecular formula is C12H12ClNO2. The third-order valence-electron chi connectivity index (χ3n) is 3.12. The second-order valence-electron chi connectivity index (χ2n) is 3.93. The van der Waals surface area contributed by atoms with Crippen molar-refractivity contribution >= 4 is 17.7 Å². The number of rotatable bonds is 3. The number of ether oxygens (including phenoxy) is 1. The Hall–Kier alpha value is -1.31. The smallest absolute Gasteiger partial charge is 0.235 e. The van der Waals surface area contributed by atoms with E-state index in [0.717, 1.165) is 30.6 Å². The largest absolute Gasteiger partial charge is 0.497 e. The fourth-order valence-corrected chi connectivity index (χ4v) is 2.32. The molecule has 16 heavy (non-hydrogen) atoms. The first-order valence-corrected chi connectivity index (χ1v) is 5.53. The molecule has 1 aliphatic rings. The Kier molecular flexibility index (Phi) is 2.99. The van der Waals surface area contributed by atoms with Crippen molar-refractivity contribution in [3.05, 3.63) is 28.8 Å². The second kappa shape index (κ2) is 4.28. The van der Waals surface area contributed by atoms with Crippen molar-refractivity contribution in [2.75, 3.05) is 7.11 Å². The van der Waals surface area contributed by atoms with Crippen LogP contribution in [-0.4, -0.2) is 13.2 Å². The van der Waals surface area contributed by atoms with Gasteiger partial charge in [-0.3, -0.25) is 0 Å². The average Bonchev–Trinajstić information content (AvgIpc) is 2.25.